The Morgan fingerprint density at radius 2 is 2.29 bits per heavy atom. The molecule has 0 aromatic carbocycles. The van der Waals surface area contributed by atoms with Crippen LogP contribution in [-0.2, 0) is 4.79 Å². The number of carboxylic acid groups (broad SMARTS) is 1. The van der Waals surface area contributed by atoms with E-state index in [-0.39, 0.29) is 0 Å². The number of carbonyl (C=O) groups is 1. The molecule has 0 saturated heterocycles. The first-order valence-corrected chi connectivity index (χ1v) is 5.38. The Labute approximate surface area is 98.4 Å². The number of aromatic nitrogens is 3. The average molecular weight is 231 g/mol. The lowest BCUT2D eigenvalue weighted by Crippen LogP contribution is -2.01. The molecule has 5 heteroatoms. The minimum atomic E-state index is -0.902. The molecular formula is C12H13N3O2. The Kier molecular flexibility index (Phi) is 2.91. The van der Waals surface area contributed by atoms with Crippen molar-refractivity contribution in [2.45, 2.75) is 20.3 Å². The summed E-state index contributed by atoms with van der Waals surface area (Å²) in [6.07, 6.45) is 2.10. The van der Waals surface area contributed by atoms with Crippen LogP contribution in [0.25, 0.3) is 11.7 Å². The maximum absolute atomic E-state index is 11.0. The molecule has 0 fully saturated rings. The van der Waals surface area contributed by atoms with Crippen LogP contribution in [0.1, 0.15) is 24.9 Å². The quantitative estimate of drug-likeness (QED) is 0.819. The molecule has 0 aliphatic rings. The van der Waals surface area contributed by atoms with Crippen LogP contribution in [0, 0.1) is 6.92 Å². The Morgan fingerprint density at radius 3 is 2.94 bits per heavy atom. The number of fused-ring (bicyclic) bond motifs is 1. The number of hydrogen-bond acceptors (Lipinski definition) is 3. The van der Waals surface area contributed by atoms with Gasteiger partial charge in [-0.15, -0.1) is 0 Å². The second-order valence-corrected chi connectivity index (χ2v) is 3.71. The second-order valence-electron chi connectivity index (χ2n) is 3.71. The van der Waals surface area contributed by atoms with E-state index in [2.05, 4.69) is 10.1 Å². The summed E-state index contributed by atoms with van der Waals surface area (Å²) in [5.41, 5.74) is 1.80. The van der Waals surface area contributed by atoms with Crippen LogP contribution in [0.4, 0.5) is 0 Å². The lowest BCUT2D eigenvalue weighted by molar-refractivity contribution is -0.132. The third kappa shape index (κ3) is 2.18. The molecule has 5 nitrogen and oxygen atoms in total. The maximum atomic E-state index is 11.0. The molecule has 1 N–H and O–H groups in total. The normalized spacial score (nSPS) is 12.0. The molecule has 2 heterocycles. The van der Waals surface area contributed by atoms with Crippen LogP contribution in [0.5, 0.6) is 0 Å². The van der Waals surface area contributed by atoms with Crippen molar-refractivity contribution in [1.82, 2.24) is 14.6 Å². The van der Waals surface area contributed by atoms with Gasteiger partial charge in [0.1, 0.15) is 5.82 Å². The highest BCUT2D eigenvalue weighted by Crippen LogP contribution is 2.12. The molecule has 0 unspecified atom stereocenters. The van der Waals surface area contributed by atoms with Crippen molar-refractivity contribution in [2.24, 2.45) is 0 Å². The highest BCUT2D eigenvalue weighted by atomic mass is 16.4. The molecule has 2 aromatic heterocycles. The summed E-state index contributed by atoms with van der Waals surface area (Å²) in [5, 5.41) is 13.2. The number of nitrogens with zero attached hydrogens (tertiary/aromatic N) is 3. The van der Waals surface area contributed by atoms with Crippen LogP contribution >= 0.6 is 0 Å². The first kappa shape index (κ1) is 11.3. The minimum absolute atomic E-state index is 0.352. The molecule has 0 aliphatic heterocycles. The van der Waals surface area contributed by atoms with Gasteiger partial charge in [0.2, 0.25) is 0 Å². The van der Waals surface area contributed by atoms with Gasteiger partial charge < -0.3 is 5.11 Å². The Bertz CT molecular complexity index is 599. The van der Waals surface area contributed by atoms with Crippen molar-refractivity contribution < 1.29 is 9.90 Å². The topological polar surface area (TPSA) is 67.5 Å². The summed E-state index contributed by atoms with van der Waals surface area (Å²) in [5.74, 6) is -0.236. The zero-order valence-corrected chi connectivity index (χ0v) is 9.71. The molecule has 0 bridgehead atoms. The summed E-state index contributed by atoms with van der Waals surface area (Å²) in [6, 6.07) is 5.49. The fraction of sp³-hybridized carbons (Fsp3) is 0.250. The Morgan fingerprint density at radius 1 is 1.53 bits per heavy atom. The van der Waals surface area contributed by atoms with E-state index < -0.39 is 5.97 Å². The summed E-state index contributed by atoms with van der Waals surface area (Å²) in [6.45, 7) is 3.62. The zero-order valence-electron chi connectivity index (χ0n) is 9.71. The molecule has 0 aliphatic carbocycles. The summed E-state index contributed by atoms with van der Waals surface area (Å²) >= 11 is 0. The highest BCUT2D eigenvalue weighted by Gasteiger charge is 2.07. The molecule has 0 saturated carbocycles. The van der Waals surface area contributed by atoms with Crippen LogP contribution in [0.15, 0.2) is 23.8 Å². The van der Waals surface area contributed by atoms with Gasteiger partial charge in [-0.1, -0.05) is 13.0 Å². The summed E-state index contributed by atoms with van der Waals surface area (Å²) in [4.78, 5) is 15.2. The SMILES string of the molecule is CCC(=Cc1cccc2nc(C)nn12)C(=O)O. The van der Waals surface area contributed by atoms with Gasteiger partial charge in [0, 0.05) is 5.57 Å². The van der Waals surface area contributed by atoms with Crippen molar-refractivity contribution in [1.29, 1.82) is 0 Å². The van der Waals surface area contributed by atoms with Gasteiger partial charge in [-0.3, -0.25) is 0 Å². The standard InChI is InChI=1S/C12H13N3O2/c1-3-9(12(16)17)7-10-5-4-6-11-13-8(2)14-15(10)11/h4-7H,3H2,1-2H3,(H,16,17). The number of carboxylic acids is 1. The number of hydrogen-bond donors (Lipinski definition) is 1. The van der Waals surface area contributed by atoms with Crippen LogP contribution in [-0.4, -0.2) is 25.7 Å². The van der Waals surface area contributed by atoms with Gasteiger partial charge >= 0.3 is 5.97 Å². The third-order valence-corrected chi connectivity index (χ3v) is 2.47. The van der Waals surface area contributed by atoms with Crippen molar-refractivity contribution in [3.8, 4) is 0 Å². The molecule has 0 atom stereocenters. The summed E-state index contributed by atoms with van der Waals surface area (Å²) in [7, 11) is 0. The van der Waals surface area contributed by atoms with E-state index >= 15 is 0 Å². The number of pyridine rings is 1. The molecule has 2 rings (SSSR count). The predicted octanol–water partition coefficient (Wildman–Crippen LogP) is 1.92. The lowest BCUT2D eigenvalue weighted by atomic mass is 10.1. The van der Waals surface area contributed by atoms with Gasteiger partial charge in [-0.2, -0.15) is 5.10 Å². The number of rotatable bonds is 3. The Balaban J connectivity index is 2.59. The van der Waals surface area contributed by atoms with Gasteiger partial charge in [0.25, 0.3) is 0 Å². The smallest absolute Gasteiger partial charge is 0.331 e. The van der Waals surface area contributed by atoms with Crippen molar-refractivity contribution >= 4 is 17.7 Å². The van der Waals surface area contributed by atoms with E-state index in [4.69, 9.17) is 5.11 Å². The molecule has 0 spiro atoms. The highest BCUT2D eigenvalue weighted by molar-refractivity contribution is 5.91. The van der Waals surface area contributed by atoms with Crippen molar-refractivity contribution in [3.63, 3.8) is 0 Å². The first-order chi connectivity index (χ1) is 8.11. The van der Waals surface area contributed by atoms with E-state index in [1.165, 1.54) is 0 Å². The number of aryl methyl sites for hydroxylation is 1. The van der Waals surface area contributed by atoms with Gasteiger partial charge in [-0.25, -0.2) is 14.3 Å². The largest absolute Gasteiger partial charge is 0.478 e. The minimum Gasteiger partial charge on any atom is -0.478 e. The van der Waals surface area contributed by atoms with Crippen LogP contribution in [0.2, 0.25) is 0 Å². The van der Waals surface area contributed by atoms with E-state index in [0.29, 0.717) is 17.8 Å². The number of aliphatic carboxylic acids is 1. The van der Waals surface area contributed by atoms with Gasteiger partial charge in [0.15, 0.2) is 5.65 Å². The van der Waals surface area contributed by atoms with E-state index in [9.17, 15) is 4.79 Å². The van der Waals surface area contributed by atoms with E-state index in [1.807, 2.05) is 25.1 Å². The van der Waals surface area contributed by atoms with E-state index in [1.54, 1.807) is 17.5 Å². The molecule has 2 aromatic rings. The monoisotopic (exact) mass is 231 g/mol. The van der Waals surface area contributed by atoms with Gasteiger partial charge in [-0.05, 0) is 31.6 Å². The third-order valence-electron chi connectivity index (χ3n) is 2.47. The van der Waals surface area contributed by atoms with Crippen molar-refractivity contribution in [2.75, 3.05) is 0 Å². The predicted molar refractivity (Wildman–Crippen MR) is 63.6 cm³/mol. The van der Waals surface area contributed by atoms with E-state index in [0.717, 1.165) is 11.3 Å². The van der Waals surface area contributed by atoms with Crippen LogP contribution < -0.4 is 0 Å². The molecule has 88 valence electrons. The molecular weight excluding hydrogens is 218 g/mol. The summed E-state index contributed by atoms with van der Waals surface area (Å²) < 4.78 is 1.65. The van der Waals surface area contributed by atoms with Crippen molar-refractivity contribution in [3.05, 3.63) is 35.3 Å². The Hall–Kier alpha value is -2.17. The molecule has 0 amide bonds. The zero-order chi connectivity index (χ0) is 12.4. The van der Waals surface area contributed by atoms with Gasteiger partial charge in [0.05, 0.1) is 5.69 Å². The fourth-order valence-electron chi connectivity index (χ4n) is 1.64. The average Bonchev–Trinajstić information content (AvgIpc) is 2.66. The fourth-order valence-corrected chi connectivity index (χ4v) is 1.64. The maximum Gasteiger partial charge on any atom is 0.331 e. The lowest BCUT2D eigenvalue weighted by Gasteiger charge is -2.00. The molecule has 17 heavy (non-hydrogen) atoms. The first-order valence-electron chi connectivity index (χ1n) is 5.38. The molecule has 0 radical (unpaired) electrons. The van der Waals surface area contributed by atoms with Crippen LogP contribution in [0.3, 0.4) is 0 Å². The second kappa shape index (κ2) is 4.37.